The van der Waals surface area contributed by atoms with Crippen LogP contribution in [0.3, 0.4) is 0 Å². The Morgan fingerprint density at radius 1 is 1.26 bits per heavy atom. The molecule has 0 aromatic heterocycles. The Hall–Kier alpha value is -2.12. The number of nitrogens with zero attached hydrogens (tertiary/aromatic N) is 1. The molecule has 0 aliphatic carbocycles. The van der Waals surface area contributed by atoms with Gasteiger partial charge in [-0.05, 0) is 50.3 Å². The van der Waals surface area contributed by atoms with Gasteiger partial charge in [-0.25, -0.2) is 9.86 Å². The van der Waals surface area contributed by atoms with Crippen molar-refractivity contribution in [2.75, 3.05) is 13.1 Å². The molecule has 0 spiro atoms. The molecule has 1 heterocycles. The van der Waals surface area contributed by atoms with Crippen molar-refractivity contribution in [3.8, 4) is 0 Å². The Morgan fingerprint density at radius 2 is 2.00 bits per heavy atom. The molecule has 1 aromatic carbocycles. The van der Waals surface area contributed by atoms with E-state index >= 15 is 0 Å². The van der Waals surface area contributed by atoms with Crippen LogP contribution in [-0.4, -0.2) is 47.4 Å². The quantitative estimate of drug-likeness (QED) is 0.502. The maximum atomic E-state index is 12.8. The fraction of sp³-hybridized carbons (Fsp3) is 0.600. The van der Waals surface area contributed by atoms with Crippen molar-refractivity contribution in [3.63, 3.8) is 0 Å². The van der Waals surface area contributed by atoms with Crippen molar-refractivity contribution in [3.05, 3.63) is 35.9 Å². The highest BCUT2D eigenvalue weighted by molar-refractivity contribution is 5.85. The van der Waals surface area contributed by atoms with Crippen LogP contribution in [0, 0.1) is 5.92 Å². The van der Waals surface area contributed by atoms with Crippen LogP contribution in [0.5, 0.6) is 0 Å². The predicted molar refractivity (Wildman–Crippen MR) is 102 cm³/mol. The fourth-order valence-electron chi connectivity index (χ4n) is 3.18. The highest BCUT2D eigenvalue weighted by Gasteiger charge is 2.31. The van der Waals surface area contributed by atoms with E-state index in [0.29, 0.717) is 12.8 Å². The number of carbonyl (C=O) groups is 2. The monoisotopic (exact) mass is 377 g/mol. The van der Waals surface area contributed by atoms with E-state index in [9.17, 15) is 14.8 Å². The van der Waals surface area contributed by atoms with Gasteiger partial charge in [-0.15, -0.1) is 0 Å². The summed E-state index contributed by atoms with van der Waals surface area (Å²) in [5.74, 6) is -0.301. The molecule has 2 atom stereocenters. The van der Waals surface area contributed by atoms with Gasteiger partial charge in [0.1, 0.15) is 12.6 Å². The summed E-state index contributed by atoms with van der Waals surface area (Å²) in [5, 5.41) is 17.1. The molecule has 1 fully saturated rings. The molecule has 1 saturated heterocycles. The fourth-order valence-corrected chi connectivity index (χ4v) is 3.18. The van der Waals surface area contributed by atoms with Gasteiger partial charge in [0, 0.05) is 0 Å². The lowest BCUT2D eigenvalue weighted by Crippen LogP contribution is -2.51. The van der Waals surface area contributed by atoms with Gasteiger partial charge >= 0.3 is 6.09 Å². The first-order valence-electron chi connectivity index (χ1n) is 9.67. The molecule has 2 unspecified atom stereocenters. The van der Waals surface area contributed by atoms with Crippen molar-refractivity contribution in [1.82, 2.24) is 15.7 Å². The Morgan fingerprint density at radius 3 is 2.70 bits per heavy atom. The lowest BCUT2D eigenvalue weighted by Gasteiger charge is -2.29. The van der Waals surface area contributed by atoms with Gasteiger partial charge < -0.3 is 15.4 Å². The first-order chi connectivity index (χ1) is 13.0. The number of hydroxylamine groups is 2. The number of amides is 2. The van der Waals surface area contributed by atoms with Crippen molar-refractivity contribution in [1.29, 1.82) is 0 Å². The summed E-state index contributed by atoms with van der Waals surface area (Å²) in [6.07, 6.45) is 2.10. The molecule has 1 aromatic rings. The molecule has 0 bridgehead atoms. The maximum absolute atomic E-state index is 12.8. The van der Waals surface area contributed by atoms with Crippen LogP contribution in [0.15, 0.2) is 30.3 Å². The Balaban J connectivity index is 1.93. The van der Waals surface area contributed by atoms with Gasteiger partial charge in [-0.1, -0.05) is 44.2 Å². The van der Waals surface area contributed by atoms with Crippen LogP contribution >= 0.6 is 0 Å². The molecule has 2 amide bonds. The first-order valence-corrected chi connectivity index (χ1v) is 9.67. The van der Waals surface area contributed by atoms with Crippen molar-refractivity contribution < 1.29 is 19.5 Å². The summed E-state index contributed by atoms with van der Waals surface area (Å²) >= 11 is 0. The zero-order chi connectivity index (χ0) is 19.6. The van der Waals surface area contributed by atoms with E-state index in [1.165, 1.54) is 0 Å². The number of benzene rings is 1. The maximum Gasteiger partial charge on any atom is 0.408 e. The second kappa shape index (κ2) is 10.9. The van der Waals surface area contributed by atoms with E-state index in [4.69, 9.17) is 4.74 Å². The van der Waals surface area contributed by atoms with E-state index in [2.05, 4.69) is 10.6 Å². The molecular weight excluding hydrogens is 346 g/mol. The van der Waals surface area contributed by atoms with Crippen LogP contribution in [0.1, 0.15) is 45.1 Å². The van der Waals surface area contributed by atoms with Crippen LogP contribution in [0.4, 0.5) is 4.79 Å². The molecule has 0 saturated carbocycles. The number of alkyl carbamates (subject to hydrolysis) is 1. The molecule has 2 rings (SSSR count). The zero-order valence-corrected chi connectivity index (χ0v) is 16.2. The molecule has 3 N–H and O–H groups in total. The Kier molecular flexibility index (Phi) is 8.54. The Labute approximate surface area is 161 Å². The molecule has 1 aliphatic rings. The van der Waals surface area contributed by atoms with Gasteiger partial charge in [-0.3, -0.25) is 10.0 Å². The van der Waals surface area contributed by atoms with Crippen LogP contribution in [-0.2, 0) is 16.1 Å². The van der Waals surface area contributed by atoms with Crippen molar-refractivity contribution in [2.24, 2.45) is 5.92 Å². The zero-order valence-electron chi connectivity index (χ0n) is 16.2. The average Bonchev–Trinajstić information content (AvgIpc) is 2.94. The number of hydrogen-bond donors (Lipinski definition) is 3. The molecule has 7 heteroatoms. The van der Waals surface area contributed by atoms with Crippen LogP contribution in [0.25, 0.3) is 0 Å². The van der Waals surface area contributed by atoms with Gasteiger partial charge in [0.2, 0.25) is 0 Å². The molecule has 0 radical (unpaired) electrons. The molecule has 27 heavy (non-hydrogen) atoms. The largest absolute Gasteiger partial charge is 0.445 e. The van der Waals surface area contributed by atoms with Crippen LogP contribution < -0.4 is 10.6 Å². The number of rotatable bonds is 7. The highest BCUT2D eigenvalue weighted by atomic mass is 16.5. The third kappa shape index (κ3) is 7.19. The second-order valence-electron chi connectivity index (χ2n) is 7.41. The minimum absolute atomic E-state index is 0.131. The van der Waals surface area contributed by atoms with E-state index in [0.717, 1.165) is 36.6 Å². The lowest BCUT2D eigenvalue weighted by atomic mass is 10.0. The minimum atomic E-state index is -0.811. The van der Waals surface area contributed by atoms with E-state index in [1.807, 2.05) is 44.2 Å². The highest BCUT2D eigenvalue weighted by Crippen LogP contribution is 2.15. The third-order valence-corrected chi connectivity index (χ3v) is 4.63. The van der Waals surface area contributed by atoms with Gasteiger partial charge in [-0.2, -0.15) is 0 Å². The number of nitrogens with one attached hydrogen (secondary N) is 2. The topological polar surface area (TPSA) is 90.9 Å². The smallest absolute Gasteiger partial charge is 0.408 e. The second-order valence-corrected chi connectivity index (χ2v) is 7.41. The number of ether oxygens (including phenoxy) is 1. The molecule has 1 aliphatic heterocycles. The SMILES string of the molecule is CC(C)CC(NC(=O)OCc1ccccc1)C(=O)N(O)C1CCCNCC1. The lowest BCUT2D eigenvalue weighted by molar-refractivity contribution is -0.179. The summed E-state index contributed by atoms with van der Waals surface area (Å²) in [6.45, 7) is 5.71. The molecular formula is C20H31N3O4. The predicted octanol–water partition coefficient (Wildman–Crippen LogP) is 2.69. The van der Waals surface area contributed by atoms with E-state index in [-0.39, 0.29) is 18.6 Å². The summed E-state index contributed by atoms with van der Waals surface area (Å²) in [4.78, 5) is 25.0. The van der Waals surface area contributed by atoms with Gasteiger partial charge in [0.05, 0.1) is 6.04 Å². The van der Waals surface area contributed by atoms with E-state index < -0.39 is 18.0 Å². The van der Waals surface area contributed by atoms with E-state index in [1.54, 1.807) is 0 Å². The first kappa shape index (κ1) is 21.2. The summed E-state index contributed by atoms with van der Waals surface area (Å²) < 4.78 is 5.22. The molecule has 150 valence electrons. The molecule has 7 nitrogen and oxygen atoms in total. The average molecular weight is 377 g/mol. The summed E-state index contributed by atoms with van der Waals surface area (Å²) in [5.41, 5.74) is 0.870. The standard InChI is InChI=1S/C20H31N3O4/c1-15(2)13-18(19(24)23(26)17-9-6-11-21-12-10-17)22-20(25)27-14-16-7-4-3-5-8-16/h3-5,7-8,15,17-18,21,26H,6,9-14H2,1-2H3,(H,22,25). The number of carbonyl (C=O) groups excluding carboxylic acids is 2. The van der Waals surface area contributed by atoms with Crippen molar-refractivity contribution in [2.45, 2.75) is 58.2 Å². The summed E-state index contributed by atoms with van der Waals surface area (Å²) in [6, 6.07) is 8.30. The third-order valence-electron chi connectivity index (χ3n) is 4.63. The number of hydrogen-bond acceptors (Lipinski definition) is 5. The minimum Gasteiger partial charge on any atom is -0.445 e. The van der Waals surface area contributed by atoms with Crippen LogP contribution in [0.2, 0.25) is 0 Å². The Bertz CT molecular complexity index is 586. The normalized spacial score (nSPS) is 18.4. The van der Waals surface area contributed by atoms with Crippen molar-refractivity contribution >= 4 is 12.0 Å². The van der Waals surface area contributed by atoms with Gasteiger partial charge in [0.15, 0.2) is 0 Å². The van der Waals surface area contributed by atoms with Gasteiger partial charge in [0.25, 0.3) is 5.91 Å². The summed E-state index contributed by atoms with van der Waals surface area (Å²) in [7, 11) is 0.